The van der Waals surface area contributed by atoms with E-state index in [-0.39, 0.29) is 5.69 Å². The molecule has 1 aromatic carbocycles. The Balaban J connectivity index is 1.81. The molecule has 2 fully saturated rings. The van der Waals surface area contributed by atoms with Crippen molar-refractivity contribution in [3.63, 3.8) is 0 Å². The number of hydrogen-bond donors (Lipinski definition) is 2. The van der Waals surface area contributed by atoms with E-state index in [0.717, 1.165) is 13.1 Å². The minimum atomic E-state index is -0.398. The molecule has 0 spiro atoms. The normalized spacial score (nSPS) is 29.8. The molecule has 1 saturated carbocycles. The first-order valence-electron chi connectivity index (χ1n) is 5.58. The van der Waals surface area contributed by atoms with Gasteiger partial charge in [0, 0.05) is 30.2 Å². The van der Waals surface area contributed by atoms with Crippen molar-refractivity contribution < 1.29 is 4.92 Å². The summed E-state index contributed by atoms with van der Waals surface area (Å²) >= 11 is 5.77. The molecule has 17 heavy (non-hydrogen) atoms. The minimum Gasteiger partial charge on any atom is -0.376 e. The van der Waals surface area contributed by atoms with Gasteiger partial charge in [-0.2, -0.15) is 0 Å². The van der Waals surface area contributed by atoms with Crippen LogP contribution in [0.25, 0.3) is 0 Å². The Morgan fingerprint density at radius 2 is 2.12 bits per heavy atom. The fraction of sp³-hybridized carbons (Fsp3) is 0.455. The van der Waals surface area contributed by atoms with Crippen molar-refractivity contribution in [3.05, 3.63) is 33.3 Å². The first-order valence-corrected chi connectivity index (χ1v) is 5.96. The summed E-state index contributed by atoms with van der Waals surface area (Å²) in [6.45, 7) is 2.01. The Morgan fingerprint density at radius 3 is 2.76 bits per heavy atom. The third-order valence-electron chi connectivity index (χ3n) is 3.57. The van der Waals surface area contributed by atoms with E-state index in [1.165, 1.54) is 6.07 Å². The molecule has 2 atom stereocenters. The van der Waals surface area contributed by atoms with Crippen LogP contribution < -0.4 is 10.6 Å². The third kappa shape index (κ3) is 1.85. The van der Waals surface area contributed by atoms with Crippen molar-refractivity contribution in [3.8, 4) is 0 Å². The zero-order valence-electron chi connectivity index (χ0n) is 9.02. The molecule has 90 valence electrons. The molecule has 5 nitrogen and oxygen atoms in total. The van der Waals surface area contributed by atoms with Crippen molar-refractivity contribution >= 4 is 23.0 Å². The largest absolute Gasteiger partial charge is 0.376 e. The van der Waals surface area contributed by atoms with Crippen molar-refractivity contribution in [1.29, 1.82) is 0 Å². The highest BCUT2D eigenvalue weighted by Gasteiger charge is 2.53. The van der Waals surface area contributed by atoms with Crippen LogP contribution in [0.1, 0.15) is 0 Å². The highest BCUT2D eigenvalue weighted by Crippen LogP contribution is 2.45. The molecule has 1 aliphatic carbocycles. The number of halogens is 1. The Morgan fingerprint density at radius 1 is 1.41 bits per heavy atom. The monoisotopic (exact) mass is 253 g/mol. The number of nitrogens with one attached hydrogen (secondary N) is 2. The van der Waals surface area contributed by atoms with E-state index in [2.05, 4.69) is 10.6 Å². The van der Waals surface area contributed by atoms with Crippen LogP contribution in [0.4, 0.5) is 11.4 Å². The number of benzene rings is 1. The summed E-state index contributed by atoms with van der Waals surface area (Å²) < 4.78 is 0. The highest BCUT2D eigenvalue weighted by atomic mass is 35.5. The van der Waals surface area contributed by atoms with Crippen LogP contribution in [0.2, 0.25) is 5.02 Å². The van der Waals surface area contributed by atoms with Crippen molar-refractivity contribution in [2.45, 2.75) is 6.04 Å². The molecule has 1 aromatic rings. The molecule has 1 heterocycles. The number of nitrogens with zero attached hydrogens (tertiary/aromatic N) is 1. The summed E-state index contributed by atoms with van der Waals surface area (Å²) in [5, 5.41) is 17.8. The number of hydrogen-bond acceptors (Lipinski definition) is 4. The number of nitro groups is 1. The second-order valence-corrected chi connectivity index (χ2v) is 5.01. The molecular formula is C11H12ClN3O2. The summed E-state index contributed by atoms with van der Waals surface area (Å²) in [6.07, 6.45) is 0. The summed E-state index contributed by atoms with van der Waals surface area (Å²) in [4.78, 5) is 10.5. The molecule has 1 aliphatic heterocycles. The van der Waals surface area contributed by atoms with E-state index in [1.54, 1.807) is 12.1 Å². The van der Waals surface area contributed by atoms with Gasteiger partial charge in [-0.25, -0.2) is 0 Å². The van der Waals surface area contributed by atoms with Crippen molar-refractivity contribution in [2.24, 2.45) is 11.8 Å². The lowest BCUT2D eigenvalue weighted by Gasteiger charge is -2.09. The SMILES string of the molecule is O=[N+]([O-])c1cc(Cl)ccc1NC1C2CNCC21. The van der Waals surface area contributed by atoms with E-state index in [4.69, 9.17) is 11.6 Å². The maximum absolute atomic E-state index is 10.9. The van der Waals surface area contributed by atoms with Crippen LogP contribution in [0, 0.1) is 22.0 Å². The molecule has 0 bridgehead atoms. The minimum absolute atomic E-state index is 0.0513. The zero-order valence-corrected chi connectivity index (χ0v) is 9.78. The van der Waals surface area contributed by atoms with Gasteiger partial charge in [-0.3, -0.25) is 10.1 Å². The number of nitro benzene ring substituents is 1. The lowest BCUT2D eigenvalue weighted by molar-refractivity contribution is -0.384. The fourth-order valence-corrected chi connectivity index (χ4v) is 2.76. The third-order valence-corrected chi connectivity index (χ3v) is 3.81. The summed E-state index contributed by atoms with van der Waals surface area (Å²) in [5.41, 5.74) is 0.620. The molecule has 2 aliphatic rings. The predicted molar refractivity (Wildman–Crippen MR) is 65.4 cm³/mol. The molecule has 0 radical (unpaired) electrons. The lowest BCUT2D eigenvalue weighted by atomic mass is 10.2. The van der Waals surface area contributed by atoms with Gasteiger partial charge < -0.3 is 10.6 Å². The van der Waals surface area contributed by atoms with Gasteiger partial charge in [-0.15, -0.1) is 0 Å². The Bertz CT molecular complexity index is 470. The van der Waals surface area contributed by atoms with Crippen LogP contribution in [-0.4, -0.2) is 24.1 Å². The quantitative estimate of drug-likeness (QED) is 0.638. The predicted octanol–water partition coefficient (Wildman–Crippen LogP) is 1.88. The average Bonchev–Trinajstić information content (AvgIpc) is 2.75. The van der Waals surface area contributed by atoms with Crippen LogP contribution in [0.3, 0.4) is 0 Å². The van der Waals surface area contributed by atoms with E-state index in [9.17, 15) is 10.1 Å². The molecule has 0 amide bonds. The fourth-order valence-electron chi connectivity index (χ4n) is 2.59. The average molecular weight is 254 g/mol. The first kappa shape index (κ1) is 10.8. The topological polar surface area (TPSA) is 67.2 Å². The lowest BCUT2D eigenvalue weighted by Crippen LogP contribution is -2.21. The Kier molecular flexibility index (Phi) is 2.45. The van der Waals surface area contributed by atoms with Gasteiger partial charge in [0.15, 0.2) is 0 Å². The van der Waals surface area contributed by atoms with E-state index >= 15 is 0 Å². The maximum Gasteiger partial charge on any atom is 0.293 e. The van der Waals surface area contributed by atoms with Gasteiger partial charge >= 0.3 is 0 Å². The second-order valence-electron chi connectivity index (χ2n) is 4.57. The number of fused-ring (bicyclic) bond motifs is 1. The van der Waals surface area contributed by atoms with Gasteiger partial charge in [0.25, 0.3) is 5.69 Å². The smallest absolute Gasteiger partial charge is 0.293 e. The van der Waals surface area contributed by atoms with Crippen LogP contribution in [0.15, 0.2) is 18.2 Å². The first-order chi connectivity index (χ1) is 8.16. The summed E-state index contributed by atoms with van der Waals surface area (Å²) in [6, 6.07) is 5.12. The second kappa shape index (κ2) is 3.85. The van der Waals surface area contributed by atoms with E-state index < -0.39 is 4.92 Å². The van der Waals surface area contributed by atoms with Gasteiger partial charge in [0.1, 0.15) is 5.69 Å². The maximum atomic E-state index is 10.9. The Hall–Kier alpha value is -1.33. The van der Waals surface area contributed by atoms with E-state index in [1.807, 2.05) is 0 Å². The summed E-state index contributed by atoms with van der Waals surface area (Å²) in [7, 11) is 0. The number of piperidine rings is 1. The van der Waals surface area contributed by atoms with Crippen molar-refractivity contribution in [2.75, 3.05) is 18.4 Å². The Labute approximate surface area is 103 Å². The molecule has 0 aromatic heterocycles. The molecule has 2 N–H and O–H groups in total. The van der Waals surface area contributed by atoms with Crippen LogP contribution in [0.5, 0.6) is 0 Å². The number of anilines is 1. The standard InChI is InChI=1S/C11H12ClN3O2/c12-6-1-2-9(10(3-6)15(16)17)14-11-7-4-13-5-8(7)11/h1-3,7-8,11,13-14H,4-5H2. The zero-order chi connectivity index (χ0) is 12.0. The molecular weight excluding hydrogens is 242 g/mol. The van der Waals surface area contributed by atoms with Gasteiger partial charge in [-0.05, 0) is 24.0 Å². The molecule has 1 saturated heterocycles. The van der Waals surface area contributed by atoms with Gasteiger partial charge in [0.05, 0.1) is 4.92 Å². The van der Waals surface area contributed by atoms with Crippen LogP contribution >= 0.6 is 11.6 Å². The van der Waals surface area contributed by atoms with E-state index in [0.29, 0.717) is 28.6 Å². The molecule has 2 unspecified atom stereocenters. The van der Waals surface area contributed by atoms with Gasteiger partial charge in [0.2, 0.25) is 0 Å². The van der Waals surface area contributed by atoms with Gasteiger partial charge in [-0.1, -0.05) is 11.6 Å². The highest BCUT2D eigenvalue weighted by molar-refractivity contribution is 6.30. The molecule has 6 heteroatoms. The summed E-state index contributed by atoms with van der Waals surface area (Å²) in [5.74, 6) is 1.23. The molecule has 3 rings (SSSR count). The van der Waals surface area contributed by atoms with Crippen molar-refractivity contribution in [1.82, 2.24) is 5.32 Å². The number of rotatable bonds is 3. The van der Waals surface area contributed by atoms with Crippen LogP contribution in [-0.2, 0) is 0 Å².